The summed E-state index contributed by atoms with van der Waals surface area (Å²) in [6.45, 7) is 3.28. The molecule has 2 rings (SSSR count). The molecule has 0 aliphatic rings. The second kappa shape index (κ2) is 7.81. The van der Waals surface area contributed by atoms with Crippen molar-refractivity contribution in [2.75, 3.05) is 19.5 Å². The maximum atomic E-state index is 12.6. The van der Waals surface area contributed by atoms with Crippen LogP contribution in [0, 0.1) is 13.8 Å². The van der Waals surface area contributed by atoms with Crippen molar-refractivity contribution in [2.24, 2.45) is 7.05 Å². The molecule has 142 valence electrons. The largest absolute Gasteiger partial charge is 0.465 e. The summed E-state index contributed by atoms with van der Waals surface area (Å²) in [5.41, 5.74) is 1.17. The number of hydrogen-bond donors (Lipinski definition) is 1. The molecule has 0 bridgehead atoms. The summed E-state index contributed by atoms with van der Waals surface area (Å²) in [5.74, 6) is -3.17. The number of nitrogens with one attached hydrogen (secondary N) is 1. The van der Waals surface area contributed by atoms with E-state index in [2.05, 4.69) is 19.9 Å². The van der Waals surface area contributed by atoms with Crippen LogP contribution in [-0.4, -0.2) is 47.6 Å². The summed E-state index contributed by atoms with van der Waals surface area (Å²) < 4.78 is 10.8. The highest BCUT2D eigenvalue weighted by Crippen LogP contribution is 2.21. The van der Waals surface area contributed by atoms with Gasteiger partial charge in [-0.25, -0.2) is 9.59 Å². The molecule has 1 amide bonds. The van der Waals surface area contributed by atoms with Gasteiger partial charge in [0.25, 0.3) is 11.7 Å². The van der Waals surface area contributed by atoms with Gasteiger partial charge in [0.15, 0.2) is 0 Å². The fourth-order valence-electron chi connectivity index (χ4n) is 2.58. The van der Waals surface area contributed by atoms with Crippen LogP contribution in [0.15, 0.2) is 18.2 Å². The quantitative estimate of drug-likeness (QED) is 0.479. The minimum Gasteiger partial charge on any atom is -0.465 e. The highest BCUT2D eigenvalue weighted by molar-refractivity contribution is 6.47. The summed E-state index contributed by atoms with van der Waals surface area (Å²) in [6, 6.07) is 3.90. The number of Topliss-reactive ketones (excluding diaryl/α,β-unsaturated/α-hetero) is 1. The number of rotatable bonds is 5. The van der Waals surface area contributed by atoms with Crippen LogP contribution in [0.4, 0.5) is 5.69 Å². The lowest BCUT2D eigenvalue weighted by Gasteiger charge is -2.11. The number of esters is 2. The Labute approximate surface area is 155 Å². The number of benzene rings is 1. The molecule has 0 saturated carbocycles. The Hall–Kier alpha value is -3.49. The fourth-order valence-corrected chi connectivity index (χ4v) is 2.58. The van der Waals surface area contributed by atoms with Crippen LogP contribution < -0.4 is 5.32 Å². The predicted octanol–water partition coefficient (Wildman–Crippen LogP) is 1.43. The number of anilines is 1. The molecule has 27 heavy (non-hydrogen) atoms. The van der Waals surface area contributed by atoms with Crippen LogP contribution in [0.2, 0.25) is 0 Å². The smallest absolute Gasteiger partial charge is 0.339 e. The van der Waals surface area contributed by atoms with Gasteiger partial charge in [-0.2, -0.15) is 5.10 Å². The Bertz CT molecular complexity index is 945. The molecule has 1 N–H and O–H groups in total. The molecule has 0 aliphatic heterocycles. The molecular weight excluding hydrogens is 354 g/mol. The first-order chi connectivity index (χ1) is 12.7. The number of amides is 1. The third-order valence-corrected chi connectivity index (χ3v) is 4.04. The average Bonchev–Trinajstić information content (AvgIpc) is 2.91. The van der Waals surface area contributed by atoms with Crippen molar-refractivity contribution in [3.8, 4) is 0 Å². The Morgan fingerprint density at radius 3 is 2.19 bits per heavy atom. The van der Waals surface area contributed by atoms with Crippen LogP contribution in [0.3, 0.4) is 0 Å². The van der Waals surface area contributed by atoms with Crippen molar-refractivity contribution in [1.29, 1.82) is 0 Å². The van der Waals surface area contributed by atoms with E-state index in [9.17, 15) is 19.2 Å². The zero-order valence-electron chi connectivity index (χ0n) is 15.6. The molecule has 0 atom stereocenters. The molecule has 9 nitrogen and oxygen atoms in total. The molecule has 1 aromatic carbocycles. The van der Waals surface area contributed by atoms with Gasteiger partial charge in [-0.3, -0.25) is 14.3 Å². The topological polar surface area (TPSA) is 117 Å². The molecule has 0 unspecified atom stereocenters. The molecule has 1 heterocycles. The molecular formula is C18H19N3O6. The summed E-state index contributed by atoms with van der Waals surface area (Å²) in [7, 11) is 4.04. The Morgan fingerprint density at radius 2 is 1.67 bits per heavy atom. The standard InChI is InChI=1S/C18H19N3O6/c1-9-14(10(2)21(3)20-9)15(22)16(23)19-13-8-11(17(24)26-4)6-7-12(13)18(25)27-5/h6-8H,1-5H3,(H,19,23). The van der Waals surface area contributed by atoms with E-state index >= 15 is 0 Å². The molecule has 0 radical (unpaired) electrons. The van der Waals surface area contributed by atoms with Gasteiger partial charge in [0, 0.05) is 12.7 Å². The van der Waals surface area contributed by atoms with Gasteiger partial charge in [-0.15, -0.1) is 0 Å². The fraction of sp³-hybridized carbons (Fsp3) is 0.278. The summed E-state index contributed by atoms with van der Waals surface area (Å²) in [5, 5.41) is 6.48. The molecule has 0 aliphatic carbocycles. The third kappa shape index (κ3) is 3.86. The number of hydrogen-bond acceptors (Lipinski definition) is 7. The SMILES string of the molecule is COC(=O)c1ccc(C(=O)OC)c(NC(=O)C(=O)c2c(C)nn(C)c2C)c1. The molecule has 1 aromatic heterocycles. The number of carbonyl (C=O) groups excluding carboxylic acids is 4. The number of aryl methyl sites for hydroxylation is 2. The van der Waals surface area contributed by atoms with Crippen molar-refractivity contribution in [2.45, 2.75) is 13.8 Å². The lowest BCUT2D eigenvalue weighted by Crippen LogP contribution is -2.25. The van der Waals surface area contributed by atoms with E-state index in [1.807, 2.05) is 0 Å². The average molecular weight is 373 g/mol. The maximum absolute atomic E-state index is 12.6. The van der Waals surface area contributed by atoms with Crippen LogP contribution in [0.25, 0.3) is 0 Å². The zero-order valence-corrected chi connectivity index (χ0v) is 15.6. The monoisotopic (exact) mass is 373 g/mol. The normalized spacial score (nSPS) is 10.3. The van der Waals surface area contributed by atoms with E-state index in [1.165, 1.54) is 37.1 Å². The number of carbonyl (C=O) groups is 4. The van der Waals surface area contributed by atoms with Crippen molar-refractivity contribution in [1.82, 2.24) is 9.78 Å². The number of ether oxygens (including phenoxy) is 2. The van der Waals surface area contributed by atoms with E-state index in [0.29, 0.717) is 11.4 Å². The summed E-state index contributed by atoms with van der Waals surface area (Å²) >= 11 is 0. The molecule has 0 fully saturated rings. The first-order valence-corrected chi connectivity index (χ1v) is 7.87. The molecule has 0 spiro atoms. The minimum absolute atomic E-state index is 0.00839. The Kier molecular flexibility index (Phi) is 5.74. The van der Waals surface area contributed by atoms with Gasteiger partial charge in [-0.1, -0.05) is 0 Å². The van der Waals surface area contributed by atoms with Gasteiger partial charge in [0.1, 0.15) is 0 Å². The van der Waals surface area contributed by atoms with Crippen LogP contribution in [-0.2, 0) is 21.3 Å². The minimum atomic E-state index is -0.971. The van der Waals surface area contributed by atoms with Gasteiger partial charge < -0.3 is 14.8 Å². The number of nitrogens with zero attached hydrogens (tertiary/aromatic N) is 2. The van der Waals surface area contributed by atoms with Crippen LogP contribution in [0.1, 0.15) is 42.5 Å². The van der Waals surface area contributed by atoms with Crippen LogP contribution >= 0.6 is 0 Å². The van der Waals surface area contributed by atoms with Crippen molar-refractivity contribution in [3.05, 3.63) is 46.3 Å². The second-order valence-electron chi connectivity index (χ2n) is 5.70. The summed E-state index contributed by atoms with van der Waals surface area (Å²) in [4.78, 5) is 48.7. The van der Waals surface area contributed by atoms with E-state index in [-0.39, 0.29) is 22.4 Å². The summed E-state index contributed by atoms with van der Waals surface area (Å²) in [6.07, 6.45) is 0. The Morgan fingerprint density at radius 1 is 1.04 bits per heavy atom. The lowest BCUT2D eigenvalue weighted by molar-refractivity contribution is -0.112. The molecule has 9 heteroatoms. The van der Waals surface area contributed by atoms with Gasteiger partial charge in [-0.05, 0) is 32.0 Å². The maximum Gasteiger partial charge on any atom is 0.339 e. The van der Waals surface area contributed by atoms with Crippen LogP contribution in [0.5, 0.6) is 0 Å². The predicted molar refractivity (Wildman–Crippen MR) is 94.8 cm³/mol. The first-order valence-electron chi connectivity index (χ1n) is 7.87. The number of methoxy groups -OCH3 is 2. The van der Waals surface area contributed by atoms with E-state index < -0.39 is 23.6 Å². The second-order valence-corrected chi connectivity index (χ2v) is 5.70. The van der Waals surface area contributed by atoms with E-state index in [4.69, 9.17) is 0 Å². The van der Waals surface area contributed by atoms with Gasteiger partial charge in [0.2, 0.25) is 0 Å². The third-order valence-electron chi connectivity index (χ3n) is 4.04. The van der Waals surface area contributed by atoms with Gasteiger partial charge >= 0.3 is 11.9 Å². The van der Waals surface area contributed by atoms with E-state index in [0.717, 1.165) is 0 Å². The Balaban J connectivity index is 2.41. The highest BCUT2D eigenvalue weighted by Gasteiger charge is 2.26. The molecule has 2 aromatic rings. The number of ketones is 1. The molecule has 0 saturated heterocycles. The highest BCUT2D eigenvalue weighted by atomic mass is 16.5. The van der Waals surface area contributed by atoms with Gasteiger partial charge in [0.05, 0.1) is 42.3 Å². The first kappa shape index (κ1) is 19.8. The van der Waals surface area contributed by atoms with Crippen molar-refractivity contribution < 1.29 is 28.7 Å². The van der Waals surface area contributed by atoms with Crippen molar-refractivity contribution in [3.63, 3.8) is 0 Å². The van der Waals surface area contributed by atoms with E-state index in [1.54, 1.807) is 20.9 Å². The number of aromatic nitrogens is 2. The van der Waals surface area contributed by atoms with Crippen molar-refractivity contribution >= 4 is 29.3 Å². The zero-order chi connectivity index (χ0) is 20.3. The lowest BCUT2D eigenvalue weighted by atomic mass is 10.1.